The Hall–Kier alpha value is -0.620. The molecule has 0 bridgehead atoms. The SMILES string of the molecule is Cc1ccc(S(=O)(=O)OC2CCCN(C)C2)cc1.Cl. The molecule has 0 aromatic heterocycles. The van der Waals surface area contributed by atoms with Crippen LogP contribution in [0.1, 0.15) is 18.4 Å². The molecule has 1 aliphatic heterocycles. The zero-order valence-electron chi connectivity index (χ0n) is 11.2. The predicted molar refractivity (Wildman–Crippen MR) is 77.2 cm³/mol. The van der Waals surface area contributed by atoms with Crippen LogP contribution in [0.5, 0.6) is 0 Å². The van der Waals surface area contributed by atoms with Crippen molar-refractivity contribution >= 4 is 22.5 Å². The Morgan fingerprint density at radius 1 is 1.26 bits per heavy atom. The van der Waals surface area contributed by atoms with Crippen LogP contribution in [0.3, 0.4) is 0 Å². The number of aryl methyl sites for hydroxylation is 1. The summed E-state index contributed by atoms with van der Waals surface area (Å²) in [5.41, 5.74) is 1.03. The molecule has 19 heavy (non-hydrogen) atoms. The van der Waals surface area contributed by atoms with Crippen molar-refractivity contribution in [2.24, 2.45) is 0 Å². The highest BCUT2D eigenvalue weighted by atomic mass is 35.5. The first-order valence-corrected chi connectivity index (χ1v) is 7.57. The van der Waals surface area contributed by atoms with Crippen LogP contribution in [0.15, 0.2) is 29.2 Å². The number of halogens is 1. The van der Waals surface area contributed by atoms with Crippen LogP contribution in [0, 0.1) is 6.92 Å². The lowest BCUT2D eigenvalue weighted by molar-refractivity contribution is 0.110. The van der Waals surface area contributed by atoms with Crippen molar-refractivity contribution in [3.05, 3.63) is 29.8 Å². The van der Waals surface area contributed by atoms with Crippen molar-refractivity contribution in [1.82, 2.24) is 4.90 Å². The lowest BCUT2D eigenvalue weighted by atomic mass is 10.1. The summed E-state index contributed by atoms with van der Waals surface area (Å²) in [6, 6.07) is 6.75. The number of rotatable bonds is 3. The highest BCUT2D eigenvalue weighted by Crippen LogP contribution is 2.19. The summed E-state index contributed by atoms with van der Waals surface area (Å²) in [5, 5.41) is 0. The van der Waals surface area contributed by atoms with Gasteiger partial charge in [0.15, 0.2) is 0 Å². The third kappa shape index (κ3) is 4.45. The van der Waals surface area contributed by atoms with Gasteiger partial charge in [-0.15, -0.1) is 12.4 Å². The molecule has 0 saturated carbocycles. The molecule has 0 N–H and O–H groups in total. The van der Waals surface area contributed by atoms with Gasteiger partial charge in [-0.25, -0.2) is 0 Å². The van der Waals surface area contributed by atoms with E-state index < -0.39 is 10.1 Å². The quantitative estimate of drug-likeness (QED) is 0.803. The molecule has 2 rings (SSSR count). The minimum atomic E-state index is -3.63. The summed E-state index contributed by atoms with van der Waals surface area (Å²) in [6.45, 7) is 3.60. The molecule has 1 saturated heterocycles. The van der Waals surface area contributed by atoms with Crippen molar-refractivity contribution in [3.63, 3.8) is 0 Å². The summed E-state index contributed by atoms with van der Waals surface area (Å²) >= 11 is 0. The third-order valence-corrected chi connectivity index (χ3v) is 4.53. The first-order chi connectivity index (χ1) is 8.47. The topological polar surface area (TPSA) is 46.6 Å². The van der Waals surface area contributed by atoms with E-state index in [0.29, 0.717) is 6.54 Å². The Morgan fingerprint density at radius 3 is 2.47 bits per heavy atom. The number of likely N-dealkylation sites (tertiary alicyclic amines) is 1. The van der Waals surface area contributed by atoms with Crippen LogP contribution in [0.25, 0.3) is 0 Å². The lowest BCUT2D eigenvalue weighted by Crippen LogP contribution is -2.38. The Balaban J connectivity index is 0.00000180. The second kappa shape index (κ2) is 6.70. The van der Waals surface area contributed by atoms with Gasteiger partial charge in [0.25, 0.3) is 10.1 Å². The number of hydrogen-bond acceptors (Lipinski definition) is 4. The van der Waals surface area contributed by atoms with Gasteiger partial charge in [-0.05, 0) is 45.5 Å². The second-order valence-corrected chi connectivity index (χ2v) is 6.46. The zero-order valence-corrected chi connectivity index (χ0v) is 12.8. The van der Waals surface area contributed by atoms with Crippen LogP contribution in [-0.4, -0.2) is 39.6 Å². The van der Waals surface area contributed by atoms with Gasteiger partial charge in [0.05, 0.1) is 11.0 Å². The van der Waals surface area contributed by atoms with Gasteiger partial charge in [0.2, 0.25) is 0 Å². The summed E-state index contributed by atoms with van der Waals surface area (Å²) in [5.74, 6) is 0. The van der Waals surface area contributed by atoms with E-state index in [1.807, 2.05) is 14.0 Å². The molecule has 1 fully saturated rings. The van der Waals surface area contributed by atoms with Crippen molar-refractivity contribution in [2.75, 3.05) is 20.1 Å². The fraction of sp³-hybridized carbons (Fsp3) is 0.538. The Labute approximate surface area is 121 Å². The smallest absolute Gasteiger partial charge is 0.297 e. The van der Waals surface area contributed by atoms with Crippen LogP contribution in [0.2, 0.25) is 0 Å². The number of hydrogen-bond donors (Lipinski definition) is 0. The summed E-state index contributed by atoms with van der Waals surface area (Å²) in [7, 11) is -1.65. The average molecular weight is 306 g/mol. The first-order valence-electron chi connectivity index (χ1n) is 6.16. The minimum absolute atomic E-state index is 0. The first kappa shape index (κ1) is 16.4. The molecule has 0 radical (unpaired) electrons. The van der Waals surface area contributed by atoms with Crippen LogP contribution in [0.4, 0.5) is 0 Å². The molecule has 1 aromatic carbocycles. The van der Waals surface area contributed by atoms with E-state index in [-0.39, 0.29) is 23.4 Å². The molecule has 0 aliphatic carbocycles. The third-order valence-electron chi connectivity index (χ3n) is 3.15. The summed E-state index contributed by atoms with van der Waals surface area (Å²) in [4.78, 5) is 2.33. The fourth-order valence-corrected chi connectivity index (χ4v) is 3.23. The Bertz CT molecular complexity index is 501. The molecule has 0 amide bonds. The molecule has 1 aromatic rings. The Morgan fingerprint density at radius 2 is 1.89 bits per heavy atom. The van der Waals surface area contributed by atoms with Gasteiger partial charge in [-0.3, -0.25) is 4.18 Å². The highest BCUT2D eigenvalue weighted by molar-refractivity contribution is 7.86. The highest BCUT2D eigenvalue weighted by Gasteiger charge is 2.25. The summed E-state index contributed by atoms with van der Waals surface area (Å²) in [6.07, 6.45) is 1.55. The van der Waals surface area contributed by atoms with E-state index in [9.17, 15) is 8.42 Å². The molecule has 4 nitrogen and oxygen atoms in total. The number of benzene rings is 1. The van der Waals surface area contributed by atoms with E-state index in [4.69, 9.17) is 4.18 Å². The van der Waals surface area contributed by atoms with Gasteiger partial charge in [-0.2, -0.15) is 8.42 Å². The zero-order chi connectivity index (χ0) is 13.2. The molecule has 0 spiro atoms. The minimum Gasteiger partial charge on any atom is -0.304 e. The summed E-state index contributed by atoms with van der Waals surface area (Å²) < 4.78 is 29.5. The van der Waals surface area contributed by atoms with Crippen molar-refractivity contribution in [3.8, 4) is 0 Å². The van der Waals surface area contributed by atoms with Gasteiger partial charge in [0, 0.05) is 6.54 Å². The van der Waals surface area contributed by atoms with E-state index >= 15 is 0 Å². The van der Waals surface area contributed by atoms with E-state index in [1.165, 1.54) is 0 Å². The largest absolute Gasteiger partial charge is 0.304 e. The monoisotopic (exact) mass is 305 g/mol. The predicted octanol–water partition coefficient (Wildman–Crippen LogP) is 2.22. The fourth-order valence-electron chi connectivity index (χ4n) is 2.14. The van der Waals surface area contributed by atoms with E-state index in [0.717, 1.165) is 24.9 Å². The van der Waals surface area contributed by atoms with Crippen molar-refractivity contribution in [2.45, 2.75) is 30.8 Å². The molecule has 6 heteroatoms. The maximum absolute atomic E-state index is 12.1. The molecule has 1 atom stereocenters. The van der Waals surface area contributed by atoms with E-state index in [2.05, 4.69) is 4.90 Å². The van der Waals surface area contributed by atoms with Gasteiger partial charge < -0.3 is 4.90 Å². The van der Waals surface area contributed by atoms with Crippen molar-refractivity contribution in [1.29, 1.82) is 0 Å². The second-order valence-electron chi connectivity index (χ2n) is 4.89. The maximum atomic E-state index is 12.1. The van der Waals surface area contributed by atoms with Gasteiger partial charge in [0.1, 0.15) is 0 Å². The molecule has 1 aliphatic rings. The van der Waals surface area contributed by atoms with Crippen LogP contribution < -0.4 is 0 Å². The van der Waals surface area contributed by atoms with Gasteiger partial charge >= 0.3 is 0 Å². The maximum Gasteiger partial charge on any atom is 0.297 e. The molecule has 1 unspecified atom stereocenters. The standard InChI is InChI=1S/C13H19NO3S.ClH/c1-11-5-7-13(8-6-11)18(15,16)17-12-4-3-9-14(2)10-12;/h5-8,12H,3-4,9-10H2,1-2H3;1H. The Kier molecular flexibility index (Phi) is 5.80. The lowest BCUT2D eigenvalue weighted by Gasteiger charge is -2.28. The number of piperidine rings is 1. The molecular weight excluding hydrogens is 286 g/mol. The number of likely N-dealkylation sites (N-methyl/N-ethyl adjacent to an activating group) is 1. The normalized spacial score (nSPS) is 20.8. The van der Waals surface area contributed by atoms with Crippen LogP contribution >= 0.6 is 12.4 Å². The molecule has 108 valence electrons. The number of nitrogens with zero attached hydrogens (tertiary/aromatic N) is 1. The van der Waals surface area contributed by atoms with Gasteiger partial charge in [-0.1, -0.05) is 17.7 Å². The van der Waals surface area contributed by atoms with Crippen molar-refractivity contribution < 1.29 is 12.6 Å². The van der Waals surface area contributed by atoms with E-state index in [1.54, 1.807) is 24.3 Å². The van der Waals surface area contributed by atoms with Crippen LogP contribution in [-0.2, 0) is 14.3 Å². The average Bonchev–Trinajstić information content (AvgIpc) is 2.29. The molecule has 1 heterocycles. The molecular formula is C13H20ClNO3S.